The van der Waals surface area contributed by atoms with Crippen LogP contribution in [0.4, 0.5) is 0 Å². The van der Waals surface area contributed by atoms with Gasteiger partial charge in [-0.1, -0.05) is 26.7 Å². The number of amides is 1. The van der Waals surface area contributed by atoms with Gasteiger partial charge in [-0.05, 0) is 31.4 Å². The van der Waals surface area contributed by atoms with E-state index in [9.17, 15) is 4.79 Å². The SMILES string of the molecule is CSC1CCCCC1N1C(=O)CNC1CC(C)C. The number of carbonyl (C=O) groups is 1. The van der Waals surface area contributed by atoms with Gasteiger partial charge in [-0.15, -0.1) is 0 Å². The molecule has 2 fully saturated rings. The standard InChI is InChI=1S/C14H26N2OS/c1-10(2)8-13-15-9-14(17)16(13)11-6-4-5-7-12(11)18-3/h10-13,15H,4-9H2,1-3H3. The van der Waals surface area contributed by atoms with Crippen LogP contribution in [-0.2, 0) is 4.79 Å². The zero-order valence-corrected chi connectivity index (χ0v) is 12.6. The number of rotatable bonds is 4. The molecule has 104 valence electrons. The van der Waals surface area contributed by atoms with E-state index in [1.54, 1.807) is 0 Å². The van der Waals surface area contributed by atoms with Crippen molar-refractivity contribution in [2.24, 2.45) is 5.92 Å². The monoisotopic (exact) mass is 270 g/mol. The van der Waals surface area contributed by atoms with Gasteiger partial charge in [0.1, 0.15) is 0 Å². The predicted molar refractivity (Wildman–Crippen MR) is 77.7 cm³/mol. The molecule has 0 bridgehead atoms. The van der Waals surface area contributed by atoms with Crippen molar-refractivity contribution in [2.75, 3.05) is 12.8 Å². The quantitative estimate of drug-likeness (QED) is 0.852. The van der Waals surface area contributed by atoms with Crippen LogP contribution < -0.4 is 5.32 Å². The molecule has 0 aromatic heterocycles. The fourth-order valence-electron chi connectivity index (χ4n) is 3.30. The number of hydrogen-bond acceptors (Lipinski definition) is 3. The summed E-state index contributed by atoms with van der Waals surface area (Å²) in [6.45, 7) is 5.00. The maximum atomic E-state index is 12.2. The molecule has 1 saturated carbocycles. The number of hydrogen-bond donors (Lipinski definition) is 1. The summed E-state index contributed by atoms with van der Waals surface area (Å²) in [5, 5.41) is 4.03. The molecule has 0 spiro atoms. The molecule has 1 heterocycles. The van der Waals surface area contributed by atoms with Gasteiger partial charge in [-0.3, -0.25) is 10.1 Å². The average molecular weight is 270 g/mol. The maximum absolute atomic E-state index is 12.2. The van der Waals surface area contributed by atoms with Crippen LogP contribution >= 0.6 is 11.8 Å². The number of thioether (sulfide) groups is 1. The fourth-order valence-corrected chi connectivity index (χ4v) is 4.28. The largest absolute Gasteiger partial charge is 0.322 e. The molecule has 18 heavy (non-hydrogen) atoms. The highest BCUT2D eigenvalue weighted by Gasteiger charge is 2.40. The lowest BCUT2D eigenvalue weighted by atomic mass is 9.92. The van der Waals surface area contributed by atoms with Crippen LogP contribution in [0.3, 0.4) is 0 Å². The van der Waals surface area contributed by atoms with Crippen LogP contribution in [0, 0.1) is 5.92 Å². The lowest BCUT2D eigenvalue weighted by Crippen LogP contribution is -2.50. The van der Waals surface area contributed by atoms with Gasteiger partial charge in [0.15, 0.2) is 0 Å². The maximum Gasteiger partial charge on any atom is 0.238 e. The summed E-state index contributed by atoms with van der Waals surface area (Å²) >= 11 is 1.94. The normalized spacial score (nSPS) is 33.4. The Morgan fingerprint density at radius 1 is 1.39 bits per heavy atom. The Morgan fingerprint density at radius 2 is 2.11 bits per heavy atom. The summed E-state index contributed by atoms with van der Waals surface area (Å²) in [6, 6.07) is 0.458. The van der Waals surface area contributed by atoms with E-state index in [4.69, 9.17) is 0 Å². The van der Waals surface area contributed by atoms with Gasteiger partial charge in [-0.2, -0.15) is 11.8 Å². The first-order chi connectivity index (χ1) is 8.63. The van der Waals surface area contributed by atoms with Crippen LogP contribution in [0.2, 0.25) is 0 Å². The summed E-state index contributed by atoms with van der Waals surface area (Å²) in [5.41, 5.74) is 0. The van der Waals surface area contributed by atoms with Crippen molar-refractivity contribution in [1.82, 2.24) is 10.2 Å². The Kier molecular flexibility index (Phi) is 4.96. The molecule has 0 aromatic carbocycles. The first-order valence-electron chi connectivity index (χ1n) is 7.20. The van der Waals surface area contributed by atoms with E-state index in [1.165, 1.54) is 25.7 Å². The second-order valence-corrected chi connectivity index (χ2v) is 7.03. The lowest BCUT2D eigenvalue weighted by Gasteiger charge is -2.40. The molecule has 4 heteroatoms. The van der Waals surface area contributed by atoms with Gasteiger partial charge in [0.25, 0.3) is 0 Å². The minimum atomic E-state index is 0.273. The van der Waals surface area contributed by atoms with E-state index >= 15 is 0 Å². The molecular weight excluding hydrogens is 244 g/mol. The van der Waals surface area contributed by atoms with Crippen molar-refractivity contribution < 1.29 is 4.79 Å². The Hall–Kier alpha value is -0.220. The second kappa shape index (κ2) is 6.29. The lowest BCUT2D eigenvalue weighted by molar-refractivity contribution is -0.131. The minimum Gasteiger partial charge on any atom is -0.322 e. The van der Waals surface area contributed by atoms with E-state index in [-0.39, 0.29) is 6.17 Å². The molecule has 2 rings (SSSR count). The third-order valence-electron chi connectivity index (χ3n) is 4.14. The highest BCUT2D eigenvalue weighted by molar-refractivity contribution is 7.99. The van der Waals surface area contributed by atoms with Crippen molar-refractivity contribution in [3.63, 3.8) is 0 Å². The molecule has 1 amide bonds. The van der Waals surface area contributed by atoms with Crippen molar-refractivity contribution in [3.8, 4) is 0 Å². The molecule has 1 aliphatic heterocycles. The number of carbonyl (C=O) groups excluding carboxylic acids is 1. The Morgan fingerprint density at radius 3 is 2.78 bits per heavy atom. The number of nitrogens with one attached hydrogen (secondary N) is 1. The predicted octanol–water partition coefficient (Wildman–Crippen LogP) is 2.46. The van der Waals surface area contributed by atoms with Gasteiger partial charge in [0.05, 0.1) is 12.7 Å². The molecule has 1 N–H and O–H groups in total. The molecule has 0 radical (unpaired) electrons. The molecule has 3 atom stereocenters. The summed E-state index contributed by atoms with van der Waals surface area (Å²) in [7, 11) is 0. The highest BCUT2D eigenvalue weighted by atomic mass is 32.2. The zero-order chi connectivity index (χ0) is 13.1. The van der Waals surface area contributed by atoms with E-state index in [2.05, 4.69) is 30.3 Å². The summed E-state index contributed by atoms with van der Waals surface area (Å²) in [4.78, 5) is 14.4. The first kappa shape index (κ1) is 14.2. The average Bonchev–Trinajstić information content (AvgIpc) is 2.69. The van der Waals surface area contributed by atoms with Crippen LogP contribution in [0.5, 0.6) is 0 Å². The summed E-state index contributed by atoms with van der Waals surface area (Å²) in [6.07, 6.45) is 8.59. The van der Waals surface area contributed by atoms with E-state index in [0.29, 0.717) is 29.7 Å². The summed E-state index contributed by atoms with van der Waals surface area (Å²) < 4.78 is 0. The van der Waals surface area contributed by atoms with Gasteiger partial charge in [0.2, 0.25) is 5.91 Å². The second-order valence-electron chi connectivity index (χ2n) is 5.95. The van der Waals surface area contributed by atoms with Crippen LogP contribution in [0.1, 0.15) is 46.0 Å². The Balaban J connectivity index is 2.09. The van der Waals surface area contributed by atoms with Crippen LogP contribution in [0.15, 0.2) is 0 Å². The zero-order valence-electron chi connectivity index (χ0n) is 11.8. The molecule has 2 aliphatic rings. The minimum absolute atomic E-state index is 0.273. The van der Waals surface area contributed by atoms with Crippen molar-refractivity contribution in [3.05, 3.63) is 0 Å². The summed E-state index contributed by atoms with van der Waals surface area (Å²) in [5.74, 6) is 0.943. The topological polar surface area (TPSA) is 32.3 Å². The van der Waals surface area contributed by atoms with Crippen molar-refractivity contribution >= 4 is 17.7 Å². The fraction of sp³-hybridized carbons (Fsp3) is 0.929. The molecular formula is C14H26N2OS. The van der Waals surface area contributed by atoms with Gasteiger partial charge in [-0.25, -0.2) is 0 Å². The van der Waals surface area contributed by atoms with Crippen molar-refractivity contribution in [2.45, 2.75) is 63.4 Å². The van der Waals surface area contributed by atoms with Crippen LogP contribution in [-0.4, -0.2) is 41.1 Å². The van der Waals surface area contributed by atoms with Gasteiger partial charge >= 0.3 is 0 Å². The number of nitrogens with zero attached hydrogens (tertiary/aromatic N) is 1. The van der Waals surface area contributed by atoms with Crippen LogP contribution in [0.25, 0.3) is 0 Å². The third-order valence-corrected chi connectivity index (χ3v) is 5.29. The molecule has 1 saturated heterocycles. The van der Waals surface area contributed by atoms with Gasteiger partial charge < -0.3 is 4.90 Å². The molecule has 1 aliphatic carbocycles. The van der Waals surface area contributed by atoms with Crippen molar-refractivity contribution in [1.29, 1.82) is 0 Å². The van der Waals surface area contributed by atoms with E-state index in [0.717, 1.165) is 6.42 Å². The van der Waals surface area contributed by atoms with E-state index in [1.807, 2.05) is 11.8 Å². The molecule has 3 unspecified atom stereocenters. The Labute approximate surface area is 115 Å². The molecule has 0 aromatic rings. The smallest absolute Gasteiger partial charge is 0.238 e. The third kappa shape index (κ3) is 3.02. The van der Waals surface area contributed by atoms with E-state index < -0.39 is 0 Å². The highest BCUT2D eigenvalue weighted by Crippen LogP contribution is 2.33. The Bertz CT molecular complexity index is 296. The first-order valence-corrected chi connectivity index (χ1v) is 8.49. The van der Waals surface area contributed by atoms with Gasteiger partial charge in [0, 0.05) is 11.3 Å². The molecule has 3 nitrogen and oxygen atoms in total.